The number of carbonyl (C=O) groups excluding carboxylic acids is 1. The number of ether oxygens (including phenoxy) is 2. The summed E-state index contributed by atoms with van der Waals surface area (Å²) in [5.74, 6) is -3.33. The summed E-state index contributed by atoms with van der Waals surface area (Å²) in [5.41, 5.74) is 6.13. The Bertz CT molecular complexity index is 1210. The van der Waals surface area contributed by atoms with Crippen molar-refractivity contribution in [3.05, 3.63) is 70.8 Å². The third-order valence-corrected chi connectivity index (χ3v) is 4.29. The van der Waals surface area contributed by atoms with Gasteiger partial charge >= 0.3 is 0 Å². The molecule has 0 aliphatic carbocycles. The zero-order chi connectivity index (χ0) is 22.7. The normalized spacial score (nSPS) is 10.3. The Hall–Kier alpha value is -4.19. The highest BCUT2D eigenvalue weighted by molar-refractivity contribution is 5.94. The number of pyridine rings is 1. The van der Waals surface area contributed by atoms with Crippen LogP contribution in [0.25, 0.3) is 0 Å². The Kier molecular flexibility index (Phi) is 6.02. The number of amides is 1. The summed E-state index contributed by atoms with van der Waals surface area (Å²) in [6, 6.07) is 12.2. The van der Waals surface area contributed by atoms with E-state index in [1.54, 1.807) is 26.2 Å². The molecular weight excluding hydrogens is 406 g/mol. The van der Waals surface area contributed by atoms with Crippen LogP contribution in [0.1, 0.15) is 21.5 Å². The highest BCUT2D eigenvalue weighted by atomic mass is 19.1. The van der Waals surface area contributed by atoms with Crippen LogP contribution < -0.4 is 15.2 Å². The van der Waals surface area contributed by atoms with E-state index in [1.807, 2.05) is 6.07 Å². The summed E-state index contributed by atoms with van der Waals surface area (Å²) in [7, 11) is 3.19. The fourth-order valence-corrected chi connectivity index (χ4v) is 2.60. The topological polar surface area (TPSA) is 101 Å². The molecule has 31 heavy (non-hydrogen) atoms. The highest BCUT2D eigenvalue weighted by Crippen LogP contribution is 2.34. The Morgan fingerprint density at radius 1 is 1.10 bits per heavy atom. The number of anilines is 1. The standard InChI is InChI=1S/C22H18F2N4O3/c1-12-18(23)20(30-15-6-4-5-14(10-15)22(29)28(2)3)27-21(19(12)24)31-17-9-13(11-25)7-8-16(17)26/h4-10H,26H2,1-3H3. The molecule has 0 aliphatic rings. The molecule has 1 heterocycles. The van der Waals surface area contributed by atoms with Gasteiger partial charge in [-0.05, 0) is 37.3 Å². The van der Waals surface area contributed by atoms with Gasteiger partial charge in [0.15, 0.2) is 17.4 Å². The Morgan fingerprint density at radius 2 is 1.77 bits per heavy atom. The summed E-state index contributed by atoms with van der Waals surface area (Å²) in [5, 5.41) is 9.03. The monoisotopic (exact) mass is 424 g/mol. The first-order valence-electron chi connectivity index (χ1n) is 9.04. The molecule has 9 heteroatoms. The largest absolute Gasteiger partial charge is 0.436 e. The van der Waals surface area contributed by atoms with E-state index >= 15 is 0 Å². The molecule has 0 aliphatic heterocycles. The number of aromatic nitrogens is 1. The van der Waals surface area contributed by atoms with E-state index in [0.29, 0.717) is 5.56 Å². The van der Waals surface area contributed by atoms with Gasteiger partial charge in [-0.25, -0.2) is 8.78 Å². The molecule has 0 saturated heterocycles. The number of carbonyl (C=O) groups is 1. The summed E-state index contributed by atoms with van der Waals surface area (Å²) in [6.07, 6.45) is 0. The van der Waals surface area contributed by atoms with Crippen LogP contribution in [0.5, 0.6) is 23.3 Å². The number of nitrogen functional groups attached to an aromatic ring is 1. The molecule has 3 aromatic rings. The van der Waals surface area contributed by atoms with Crippen LogP contribution >= 0.6 is 0 Å². The second-order valence-electron chi connectivity index (χ2n) is 6.77. The number of rotatable bonds is 5. The molecular formula is C22H18F2N4O3. The van der Waals surface area contributed by atoms with Crippen molar-refractivity contribution in [3.63, 3.8) is 0 Å². The molecule has 2 N–H and O–H groups in total. The van der Waals surface area contributed by atoms with E-state index in [4.69, 9.17) is 20.5 Å². The van der Waals surface area contributed by atoms with Gasteiger partial charge in [-0.2, -0.15) is 10.2 Å². The number of hydrogen-bond acceptors (Lipinski definition) is 6. The minimum atomic E-state index is -1.04. The smallest absolute Gasteiger partial charge is 0.259 e. The van der Waals surface area contributed by atoms with Gasteiger partial charge in [-0.15, -0.1) is 0 Å². The van der Waals surface area contributed by atoms with Gasteiger partial charge in [-0.1, -0.05) is 6.07 Å². The van der Waals surface area contributed by atoms with E-state index in [1.165, 1.54) is 42.2 Å². The van der Waals surface area contributed by atoms with E-state index in [-0.39, 0.29) is 34.2 Å². The molecule has 0 saturated carbocycles. The second-order valence-corrected chi connectivity index (χ2v) is 6.77. The number of nitrogens with zero attached hydrogens (tertiary/aromatic N) is 3. The minimum Gasteiger partial charge on any atom is -0.436 e. The zero-order valence-electron chi connectivity index (χ0n) is 16.9. The zero-order valence-corrected chi connectivity index (χ0v) is 16.9. The van der Waals surface area contributed by atoms with Crippen molar-refractivity contribution in [1.82, 2.24) is 9.88 Å². The SMILES string of the molecule is Cc1c(F)c(Oc2cccc(C(=O)N(C)C)c2)nc(Oc2cc(C#N)ccc2N)c1F. The van der Waals surface area contributed by atoms with Gasteiger partial charge in [0.1, 0.15) is 5.75 Å². The van der Waals surface area contributed by atoms with Crippen molar-refractivity contribution in [1.29, 1.82) is 5.26 Å². The number of nitriles is 1. The van der Waals surface area contributed by atoms with Crippen molar-refractivity contribution in [3.8, 4) is 29.3 Å². The maximum Gasteiger partial charge on any atom is 0.259 e. The molecule has 0 fully saturated rings. The molecule has 1 aromatic heterocycles. The third-order valence-electron chi connectivity index (χ3n) is 4.29. The molecule has 0 atom stereocenters. The lowest BCUT2D eigenvalue weighted by molar-refractivity contribution is 0.0827. The van der Waals surface area contributed by atoms with Gasteiger partial charge in [0.05, 0.1) is 17.3 Å². The molecule has 3 rings (SSSR count). The first kappa shape index (κ1) is 21.5. The van der Waals surface area contributed by atoms with Gasteiger partial charge in [0.2, 0.25) is 0 Å². The number of halogens is 2. The van der Waals surface area contributed by atoms with Crippen molar-refractivity contribution in [2.75, 3.05) is 19.8 Å². The average Bonchev–Trinajstić information content (AvgIpc) is 2.76. The van der Waals surface area contributed by atoms with Crippen LogP contribution in [-0.2, 0) is 0 Å². The predicted octanol–water partition coefficient (Wildman–Crippen LogP) is 4.41. The Morgan fingerprint density at radius 3 is 2.42 bits per heavy atom. The molecule has 1 amide bonds. The summed E-state index contributed by atoms with van der Waals surface area (Å²) in [4.78, 5) is 17.3. The van der Waals surface area contributed by atoms with Gasteiger partial charge in [0, 0.05) is 31.3 Å². The minimum absolute atomic E-state index is 0.0130. The fraction of sp³-hybridized carbons (Fsp3) is 0.136. The van der Waals surface area contributed by atoms with Crippen LogP contribution in [0.3, 0.4) is 0 Å². The van der Waals surface area contributed by atoms with E-state index in [2.05, 4.69) is 4.98 Å². The summed E-state index contributed by atoms with van der Waals surface area (Å²) >= 11 is 0. The van der Waals surface area contributed by atoms with E-state index in [0.717, 1.165) is 0 Å². The van der Waals surface area contributed by atoms with Crippen molar-refractivity contribution in [2.45, 2.75) is 6.92 Å². The number of nitrogens with two attached hydrogens (primary N) is 1. The molecule has 0 unspecified atom stereocenters. The number of hydrogen-bond donors (Lipinski definition) is 1. The molecule has 2 aromatic carbocycles. The molecule has 158 valence electrons. The molecule has 0 bridgehead atoms. The molecule has 0 spiro atoms. The lowest BCUT2D eigenvalue weighted by atomic mass is 10.2. The highest BCUT2D eigenvalue weighted by Gasteiger charge is 2.22. The summed E-state index contributed by atoms with van der Waals surface area (Å²) in [6.45, 7) is 1.20. The van der Waals surface area contributed by atoms with Crippen LogP contribution in [0, 0.1) is 29.9 Å². The van der Waals surface area contributed by atoms with E-state index in [9.17, 15) is 13.6 Å². The quantitative estimate of drug-likeness (QED) is 0.609. The third kappa shape index (κ3) is 4.53. The molecule has 7 nitrogen and oxygen atoms in total. The van der Waals surface area contributed by atoms with Crippen LogP contribution in [0.15, 0.2) is 42.5 Å². The lowest BCUT2D eigenvalue weighted by Crippen LogP contribution is -2.21. The van der Waals surface area contributed by atoms with E-state index < -0.39 is 23.4 Å². The van der Waals surface area contributed by atoms with Crippen LogP contribution in [0.2, 0.25) is 0 Å². The van der Waals surface area contributed by atoms with Crippen LogP contribution in [-0.4, -0.2) is 29.9 Å². The van der Waals surface area contributed by atoms with Crippen molar-refractivity contribution >= 4 is 11.6 Å². The average molecular weight is 424 g/mol. The Labute approximate surface area is 177 Å². The summed E-state index contributed by atoms with van der Waals surface area (Å²) < 4.78 is 40.1. The van der Waals surface area contributed by atoms with Gasteiger partial charge in [-0.3, -0.25) is 4.79 Å². The second kappa shape index (κ2) is 8.67. The van der Waals surface area contributed by atoms with Gasteiger partial charge < -0.3 is 20.1 Å². The van der Waals surface area contributed by atoms with Crippen molar-refractivity contribution in [2.24, 2.45) is 0 Å². The maximum absolute atomic E-state index is 14.6. The van der Waals surface area contributed by atoms with Crippen molar-refractivity contribution < 1.29 is 23.0 Å². The Balaban J connectivity index is 1.98. The fourth-order valence-electron chi connectivity index (χ4n) is 2.60. The predicted molar refractivity (Wildman–Crippen MR) is 109 cm³/mol. The molecule has 0 radical (unpaired) electrons. The first-order valence-corrected chi connectivity index (χ1v) is 9.04. The lowest BCUT2D eigenvalue weighted by Gasteiger charge is -2.14. The first-order chi connectivity index (χ1) is 14.7. The van der Waals surface area contributed by atoms with Gasteiger partial charge in [0.25, 0.3) is 17.7 Å². The maximum atomic E-state index is 14.6. The number of benzene rings is 2. The van der Waals surface area contributed by atoms with Crippen LogP contribution in [0.4, 0.5) is 14.5 Å².